The molecule has 1 heterocycles. The second kappa shape index (κ2) is 4.28. The van der Waals surface area contributed by atoms with Crippen molar-refractivity contribution in [2.24, 2.45) is 0 Å². The third kappa shape index (κ3) is 2.12. The van der Waals surface area contributed by atoms with Crippen LogP contribution in [0.15, 0.2) is 30.5 Å². The van der Waals surface area contributed by atoms with Gasteiger partial charge in [0.15, 0.2) is 5.69 Å². The van der Waals surface area contributed by atoms with Crippen LogP contribution in [0, 0.1) is 11.3 Å². The summed E-state index contributed by atoms with van der Waals surface area (Å²) in [5, 5.41) is 21.6. The highest BCUT2D eigenvalue weighted by Gasteiger charge is 2.10. The van der Waals surface area contributed by atoms with Gasteiger partial charge in [0, 0.05) is 6.20 Å². The number of hydrogen-bond donors (Lipinski definition) is 1. The Morgan fingerprint density at radius 2 is 2.24 bits per heavy atom. The Hall–Kier alpha value is -2.32. The number of carboxylic acids is 1. The SMILES string of the molecule is N#Cc1ccc(-n2ccc(C(=O)O)n2)c(Cl)c1. The predicted octanol–water partition coefficient (Wildman–Crippen LogP) is 2.10. The smallest absolute Gasteiger partial charge is 0.356 e. The van der Waals surface area contributed by atoms with Crippen LogP contribution in [0.5, 0.6) is 0 Å². The molecule has 0 bridgehead atoms. The van der Waals surface area contributed by atoms with E-state index in [0.29, 0.717) is 16.3 Å². The lowest BCUT2D eigenvalue weighted by atomic mass is 10.2. The van der Waals surface area contributed by atoms with Gasteiger partial charge in [0.1, 0.15) is 0 Å². The highest BCUT2D eigenvalue weighted by atomic mass is 35.5. The molecule has 0 saturated carbocycles. The van der Waals surface area contributed by atoms with E-state index in [2.05, 4.69) is 5.10 Å². The average molecular weight is 248 g/mol. The van der Waals surface area contributed by atoms with Gasteiger partial charge >= 0.3 is 5.97 Å². The van der Waals surface area contributed by atoms with E-state index in [0.717, 1.165) is 0 Å². The molecule has 0 atom stereocenters. The first-order valence-electron chi connectivity index (χ1n) is 4.61. The molecule has 1 aromatic carbocycles. The van der Waals surface area contributed by atoms with Crippen LogP contribution in [0.3, 0.4) is 0 Å². The largest absolute Gasteiger partial charge is 0.476 e. The first kappa shape index (κ1) is 11.2. The van der Waals surface area contributed by atoms with E-state index in [1.165, 1.54) is 23.0 Å². The normalized spacial score (nSPS) is 9.88. The van der Waals surface area contributed by atoms with Gasteiger partial charge in [0.2, 0.25) is 0 Å². The number of aromatic carboxylic acids is 1. The number of nitriles is 1. The number of carboxylic acid groups (broad SMARTS) is 1. The lowest BCUT2D eigenvalue weighted by Gasteiger charge is -2.03. The lowest BCUT2D eigenvalue weighted by Crippen LogP contribution is -2.01. The Kier molecular flexibility index (Phi) is 2.81. The monoisotopic (exact) mass is 247 g/mol. The number of benzene rings is 1. The van der Waals surface area contributed by atoms with Gasteiger partial charge in [-0.2, -0.15) is 10.4 Å². The van der Waals surface area contributed by atoms with Crippen molar-refractivity contribution in [1.29, 1.82) is 5.26 Å². The zero-order valence-electron chi connectivity index (χ0n) is 8.46. The summed E-state index contributed by atoms with van der Waals surface area (Å²) in [6.45, 7) is 0. The van der Waals surface area contributed by atoms with E-state index in [-0.39, 0.29) is 5.69 Å². The molecule has 0 fully saturated rings. The number of halogens is 1. The van der Waals surface area contributed by atoms with E-state index in [1.54, 1.807) is 12.1 Å². The van der Waals surface area contributed by atoms with Crippen LogP contribution in [0.25, 0.3) is 5.69 Å². The van der Waals surface area contributed by atoms with Crippen LogP contribution in [-0.2, 0) is 0 Å². The molecule has 2 aromatic rings. The number of hydrogen-bond acceptors (Lipinski definition) is 3. The third-order valence-electron chi connectivity index (χ3n) is 2.13. The molecule has 0 radical (unpaired) electrons. The number of carbonyl (C=O) groups is 1. The molecule has 0 aliphatic heterocycles. The molecule has 1 aromatic heterocycles. The highest BCUT2D eigenvalue weighted by molar-refractivity contribution is 6.32. The molecule has 1 N–H and O–H groups in total. The maximum absolute atomic E-state index is 10.7. The third-order valence-corrected chi connectivity index (χ3v) is 2.43. The van der Waals surface area contributed by atoms with Gasteiger partial charge in [-0.15, -0.1) is 0 Å². The van der Waals surface area contributed by atoms with Crippen LogP contribution < -0.4 is 0 Å². The van der Waals surface area contributed by atoms with Crippen molar-refractivity contribution in [3.05, 3.63) is 46.7 Å². The summed E-state index contributed by atoms with van der Waals surface area (Å²) in [6, 6.07) is 8.03. The zero-order chi connectivity index (χ0) is 12.4. The minimum absolute atomic E-state index is 0.0644. The second-order valence-electron chi connectivity index (χ2n) is 3.23. The number of nitrogens with zero attached hydrogens (tertiary/aromatic N) is 3. The molecule has 0 amide bonds. The Morgan fingerprint density at radius 3 is 2.76 bits per heavy atom. The zero-order valence-corrected chi connectivity index (χ0v) is 9.22. The Labute approximate surface area is 101 Å². The summed E-state index contributed by atoms with van der Waals surface area (Å²) in [5.41, 5.74) is 0.896. The Balaban J connectivity index is 2.46. The van der Waals surface area contributed by atoms with E-state index in [4.69, 9.17) is 22.0 Å². The fraction of sp³-hybridized carbons (Fsp3) is 0. The van der Waals surface area contributed by atoms with Crippen molar-refractivity contribution in [3.8, 4) is 11.8 Å². The van der Waals surface area contributed by atoms with Crippen LogP contribution >= 0.6 is 11.6 Å². The molecule has 6 heteroatoms. The van der Waals surface area contributed by atoms with E-state index < -0.39 is 5.97 Å². The van der Waals surface area contributed by atoms with Crippen molar-refractivity contribution in [3.63, 3.8) is 0 Å². The van der Waals surface area contributed by atoms with Crippen molar-refractivity contribution >= 4 is 17.6 Å². The van der Waals surface area contributed by atoms with Crippen LogP contribution in [0.4, 0.5) is 0 Å². The molecule has 17 heavy (non-hydrogen) atoms. The topological polar surface area (TPSA) is 78.9 Å². The van der Waals surface area contributed by atoms with Gasteiger partial charge in [-0.1, -0.05) is 11.6 Å². The maximum atomic E-state index is 10.7. The van der Waals surface area contributed by atoms with Crippen molar-refractivity contribution in [2.75, 3.05) is 0 Å². The number of aromatic nitrogens is 2. The summed E-state index contributed by atoms with van der Waals surface area (Å²) in [5.74, 6) is -1.10. The first-order chi connectivity index (χ1) is 8.11. The summed E-state index contributed by atoms with van der Waals surface area (Å²) in [6.07, 6.45) is 1.50. The molecule has 0 spiro atoms. The second-order valence-corrected chi connectivity index (χ2v) is 3.64. The highest BCUT2D eigenvalue weighted by Crippen LogP contribution is 2.21. The summed E-state index contributed by atoms with van der Waals surface area (Å²) >= 11 is 5.97. The Morgan fingerprint density at radius 1 is 1.47 bits per heavy atom. The predicted molar refractivity (Wildman–Crippen MR) is 60.2 cm³/mol. The molecule has 0 unspecified atom stereocenters. The molecular formula is C11H6ClN3O2. The molecule has 84 valence electrons. The Bertz CT molecular complexity index is 628. The first-order valence-corrected chi connectivity index (χ1v) is 4.98. The van der Waals surface area contributed by atoms with E-state index in [1.807, 2.05) is 6.07 Å². The van der Waals surface area contributed by atoms with E-state index in [9.17, 15) is 4.79 Å². The van der Waals surface area contributed by atoms with E-state index >= 15 is 0 Å². The van der Waals surface area contributed by atoms with Gasteiger partial charge in [0.25, 0.3) is 0 Å². The minimum atomic E-state index is -1.10. The molecule has 0 aliphatic rings. The number of rotatable bonds is 2. The van der Waals surface area contributed by atoms with Crippen molar-refractivity contribution in [1.82, 2.24) is 9.78 Å². The molecular weight excluding hydrogens is 242 g/mol. The van der Waals surface area contributed by atoms with Crippen LogP contribution in [0.2, 0.25) is 5.02 Å². The summed E-state index contributed by atoms with van der Waals surface area (Å²) in [7, 11) is 0. The molecule has 0 saturated heterocycles. The van der Waals surface area contributed by atoms with Crippen LogP contribution in [-0.4, -0.2) is 20.9 Å². The van der Waals surface area contributed by atoms with Gasteiger partial charge < -0.3 is 5.11 Å². The van der Waals surface area contributed by atoms with Crippen molar-refractivity contribution < 1.29 is 9.90 Å². The van der Waals surface area contributed by atoms with Crippen LogP contribution in [0.1, 0.15) is 16.1 Å². The minimum Gasteiger partial charge on any atom is -0.476 e. The standard InChI is InChI=1S/C11H6ClN3O2/c12-8-5-7(6-13)1-2-10(8)15-4-3-9(14-15)11(16)17/h1-5H,(H,16,17). The maximum Gasteiger partial charge on any atom is 0.356 e. The lowest BCUT2D eigenvalue weighted by molar-refractivity contribution is 0.0690. The van der Waals surface area contributed by atoms with Gasteiger partial charge in [0.05, 0.1) is 22.3 Å². The molecule has 2 rings (SSSR count). The van der Waals surface area contributed by atoms with Crippen molar-refractivity contribution in [2.45, 2.75) is 0 Å². The molecule has 5 nitrogen and oxygen atoms in total. The average Bonchev–Trinajstić information content (AvgIpc) is 2.78. The fourth-order valence-corrected chi connectivity index (χ4v) is 1.60. The fourth-order valence-electron chi connectivity index (χ4n) is 1.33. The summed E-state index contributed by atoms with van der Waals surface area (Å²) < 4.78 is 1.35. The quantitative estimate of drug-likeness (QED) is 0.881. The van der Waals surface area contributed by atoms with Gasteiger partial charge in [-0.25, -0.2) is 9.48 Å². The molecule has 0 aliphatic carbocycles. The van der Waals surface area contributed by atoms with Gasteiger partial charge in [-0.05, 0) is 24.3 Å². The summed E-state index contributed by atoms with van der Waals surface area (Å²) in [4.78, 5) is 10.7. The van der Waals surface area contributed by atoms with Gasteiger partial charge in [-0.3, -0.25) is 0 Å².